The third-order valence-corrected chi connectivity index (χ3v) is 3.77. The molecule has 1 aliphatic rings. The highest BCUT2D eigenvalue weighted by molar-refractivity contribution is 6.45. The van der Waals surface area contributed by atoms with E-state index in [0.29, 0.717) is 11.3 Å². The van der Waals surface area contributed by atoms with E-state index in [1.54, 1.807) is 6.07 Å². The molecule has 0 saturated carbocycles. The van der Waals surface area contributed by atoms with Gasteiger partial charge < -0.3 is 4.74 Å². The first kappa shape index (κ1) is 16.9. The van der Waals surface area contributed by atoms with Gasteiger partial charge in [-0.05, 0) is 42.0 Å². The molecule has 0 spiro atoms. The normalized spacial score (nSPS) is 17.9. The van der Waals surface area contributed by atoms with Crippen LogP contribution in [0.1, 0.15) is 18.0 Å². The maximum absolute atomic E-state index is 13.5. The molecule has 1 atom stereocenters. The lowest BCUT2D eigenvalue weighted by molar-refractivity contribution is -0.274. The predicted octanol–water partition coefficient (Wildman–Crippen LogP) is 4.22. The summed E-state index contributed by atoms with van der Waals surface area (Å²) in [6.07, 6.45) is -4.72. The van der Waals surface area contributed by atoms with Gasteiger partial charge in [0.1, 0.15) is 11.6 Å². The minimum absolute atomic E-state index is 0.0864. The predicted molar refractivity (Wildman–Crippen MR) is 82.1 cm³/mol. The Morgan fingerprint density at radius 3 is 2.40 bits per heavy atom. The van der Waals surface area contributed by atoms with Gasteiger partial charge >= 0.3 is 6.36 Å². The van der Waals surface area contributed by atoms with Gasteiger partial charge in [-0.25, -0.2) is 4.39 Å². The van der Waals surface area contributed by atoms with Crippen molar-refractivity contribution < 1.29 is 27.1 Å². The molecule has 8 heteroatoms. The van der Waals surface area contributed by atoms with Crippen LogP contribution in [0.5, 0.6) is 5.75 Å². The molecule has 1 unspecified atom stereocenters. The Labute approximate surface area is 140 Å². The minimum atomic E-state index is -4.81. The monoisotopic (exact) mass is 352 g/mol. The Morgan fingerprint density at radius 1 is 1.12 bits per heavy atom. The minimum Gasteiger partial charge on any atom is -0.406 e. The van der Waals surface area contributed by atoms with E-state index in [1.165, 1.54) is 35.2 Å². The van der Waals surface area contributed by atoms with Crippen LogP contribution in [-0.4, -0.2) is 18.0 Å². The number of alkyl halides is 3. The van der Waals surface area contributed by atoms with Crippen LogP contribution in [0.3, 0.4) is 0 Å². The van der Waals surface area contributed by atoms with Crippen LogP contribution in [-0.2, 0) is 4.79 Å². The highest BCUT2D eigenvalue weighted by Crippen LogP contribution is 2.36. The number of amides is 1. The van der Waals surface area contributed by atoms with E-state index in [4.69, 9.17) is 5.41 Å². The van der Waals surface area contributed by atoms with Gasteiger partial charge in [-0.2, -0.15) is 0 Å². The summed E-state index contributed by atoms with van der Waals surface area (Å²) in [4.78, 5) is 13.6. The Hall–Kier alpha value is -2.90. The van der Waals surface area contributed by atoms with Crippen molar-refractivity contribution in [1.82, 2.24) is 0 Å². The highest BCUT2D eigenvalue weighted by atomic mass is 19.4. The van der Waals surface area contributed by atoms with Crippen molar-refractivity contribution in [2.45, 2.75) is 18.8 Å². The molecule has 0 aliphatic carbocycles. The summed E-state index contributed by atoms with van der Waals surface area (Å²) in [5, 5.41) is 7.77. The summed E-state index contributed by atoms with van der Waals surface area (Å²) in [6.45, 7) is 0. The van der Waals surface area contributed by atoms with E-state index in [9.17, 15) is 22.4 Å². The number of benzene rings is 2. The quantitative estimate of drug-likeness (QED) is 0.841. The summed E-state index contributed by atoms with van der Waals surface area (Å²) in [5.41, 5.74) is 0.659. The van der Waals surface area contributed by atoms with Crippen LogP contribution in [0.2, 0.25) is 0 Å². The van der Waals surface area contributed by atoms with Crippen molar-refractivity contribution in [3.05, 3.63) is 59.9 Å². The molecule has 1 saturated heterocycles. The lowest BCUT2D eigenvalue weighted by Gasteiger charge is -2.25. The molecule has 4 nitrogen and oxygen atoms in total. The van der Waals surface area contributed by atoms with Crippen LogP contribution in [0.15, 0.2) is 48.5 Å². The van der Waals surface area contributed by atoms with Crippen LogP contribution in [0.4, 0.5) is 23.2 Å². The zero-order valence-electron chi connectivity index (χ0n) is 12.7. The fourth-order valence-electron chi connectivity index (χ4n) is 2.75. The van der Waals surface area contributed by atoms with Crippen LogP contribution in [0.25, 0.3) is 0 Å². The van der Waals surface area contributed by atoms with Gasteiger partial charge in [0.2, 0.25) is 0 Å². The molecule has 2 aromatic carbocycles. The van der Waals surface area contributed by atoms with Crippen LogP contribution in [0, 0.1) is 11.2 Å². The third kappa shape index (κ3) is 3.62. The molecule has 1 aliphatic heterocycles. The number of nitrogens with zero attached hydrogens (tertiary/aromatic N) is 1. The number of hydrogen-bond donors (Lipinski definition) is 1. The maximum Gasteiger partial charge on any atom is 0.573 e. The second kappa shape index (κ2) is 6.19. The smallest absolute Gasteiger partial charge is 0.406 e. The van der Waals surface area contributed by atoms with Gasteiger partial charge in [0.25, 0.3) is 5.91 Å². The zero-order chi connectivity index (χ0) is 18.2. The Balaban J connectivity index is 1.92. The van der Waals surface area contributed by atoms with E-state index in [2.05, 4.69) is 4.74 Å². The van der Waals surface area contributed by atoms with Gasteiger partial charge in [-0.15, -0.1) is 13.2 Å². The van der Waals surface area contributed by atoms with Crippen molar-refractivity contribution in [2.75, 3.05) is 4.90 Å². The molecule has 1 amide bonds. The molecule has 2 aromatic rings. The number of hydrogen-bond acceptors (Lipinski definition) is 3. The molecule has 0 bridgehead atoms. The zero-order valence-corrected chi connectivity index (χ0v) is 12.7. The molecular weight excluding hydrogens is 340 g/mol. The van der Waals surface area contributed by atoms with Gasteiger partial charge in [0.05, 0.1) is 11.8 Å². The first-order valence-electron chi connectivity index (χ1n) is 7.27. The Bertz CT molecular complexity index is 818. The summed E-state index contributed by atoms with van der Waals surface area (Å²) in [6, 6.07) is 9.83. The van der Waals surface area contributed by atoms with E-state index >= 15 is 0 Å². The molecule has 1 heterocycles. The van der Waals surface area contributed by atoms with Crippen molar-refractivity contribution >= 4 is 17.3 Å². The largest absolute Gasteiger partial charge is 0.573 e. The fraction of sp³-hybridized carbons (Fsp3) is 0.176. The topological polar surface area (TPSA) is 53.4 Å². The van der Waals surface area contributed by atoms with Crippen molar-refractivity contribution in [3.8, 4) is 5.75 Å². The van der Waals surface area contributed by atoms with E-state index < -0.39 is 29.9 Å². The number of ether oxygens (including phenoxy) is 1. The number of anilines is 1. The summed E-state index contributed by atoms with van der Waals surface area (Å²) in [5.74, 6) is -1.46. The standard InChI is InChI=1S/C17H12F4N2O2/c18-11-3-1-2-10(8-11)15-9-14(22)16(24)23(15)12-4-6-13(7-5-12)25-17(19,20)21/h1-8,15,22H,9H2. The second-order valence-electron chi connectivity index (χ2n) is 5.47. The molecular formula is C17H12F4N2O2. The average Bonchev–Trinajstić information content (AvgIpc) is 2.82. The second-order valence-corrected chi connectivity index (χ2v) is 5.47. The summed E-state index contributed by atoms with van der Waals surface area (Å²) < 4.78 is 54.0. The molecule has 130 valence electrons. The maximum atomic E-state index is 13.5. The van der Waals surface area contributed by atoms with Gasteiger partial charge in [-0.3, -0.25) is 15.1 Å². The van der Waals surface area contributed by atoms with E-state index in [1.807, 2.05) is 0 Å². The number of carbonyl (C=O) groups excluding carboxylic acids is 1. The Kier molecular flexibility index (Phi) is 4.20. The number of carbonyl (C=O) groups is 1. The van der Waals surface area contributed by atoms with Crippen molar-refractivity contribution in [2.24, 2.45) is 0 Å². The SMILES string of the molecule is N=C1CC(c2cccc(F)c2)N(c2ccc(OC(F)(F)F)cc2)C1=O. The first-order valence-corrected chi connectivity index (χ1v) is 7.27. The van der Waals surface area contributed by atoms with Crippen LogP contribution >= 0.6 is 0 Å². The summed E-state index contributed by atoms with van der Waals surface area (Å²) >= 11 is 0. The molecule has 1 fully saturated rings. The molecule has 1 N–H and O–H groups in total. The number of halogens is 4. The van der Waals surface area contributed by atoms with Gasteiger partial charge in [0.15, 0.2) is 0 Å². The first-order chi connectivity index (χ1) is 11.7. The fourth-order valence-corrected chi connectivity index (χ4v) is 2.75. The highest BCUT2D eigenvalue weighted by Gasteiger charge is 2.38. The molecule has 0 aromatic heterocycles. The van der Waals surface area contributed by atoms with Crippen molar-refractivity contribution in [1.29, 1.82) is 5.41 Å². The summed E-state index contributed by atoms with van der Waals surface area (Å²) in [7, 11) is 0. The molecule has 25 heavy (non-hydrogen) atoms. The molecule has 3 rings (SSSR count). The van der Waals surface area contributed by atoms with E-state index in [0.717, 1.165) is 12.1 Å². The lowest BCUT2D eigenvalue weighted by Crippen LogP contribution is -2.29. The van der Waals surface area contributed by atoms with Gasteiger partial charge in [-0.1, -0.05) is 12.1 Å². The van der Waals surface area contributed by atoms with E-state index in [-0.39, 0.29) is 12.1 Å². The molecule has 0 radical (unpaired) electrons. The number of rotatable bonds is 3. The van der Waals surface area contributed by atoms with Gasteiger partial charge in [0, 0.05) is 12.1 Å². The van der Waals surface area contributed by atoms with Crippen LogP contribution < -0.4 is 9.64 Å². The van der Waals surface area contributed by atoms with Crippen molar-refractivity contribution in [3.63, 3.8) is 0 Å². The third-order valence-electron chi connectivity index (χ3n) is 3.77. The lowest BCUT2D eigenvalue weighted by atomic mass is 10.0. The average molecular weight is 352 g/mol. The Morgan fingerprint density at radius 2 is 1.80 bits per heavy atom. The number of nitrogens with one attached hydrogen (secondary N) is 1.